The summed E-state index contributed by atoms with van der Waals surface area (Å²) < 4.78 is 0. The first kappa shape index (κ1) is 14.8. The average molecular weight is 308 g/mol. The first-order valence-electron chi connectivity index (χ1n) is 8.69. The van der Waals surface area contributed by atoms with Gasteiger partial charge in [0.15, 0.2) is 0 Å². The highest BCUT2D eigenvalue weighted by molar-refractivity contribution is 5.44. The van der Waals surface area contributed by atoms with Crippen LogP contribution in [0.4, 0.5) is 0 Å². The molecule has 2 nitrogen and oxygen atoms in total. The maximum absolute atomic E-state index is 11.0. The van der Waals surface area contributed by atoms with Crippen molar-refractivity contribution in [2.75, 3.05) is 0 Å². The van der Waals surface area contributed by atoms with Crippen molar-refractivity contribution < 1.29 is 10.2 Å². The normalized spacial score (nSPS) is 38.1. The van der Waals surface area contributed by atoms with Gasteiger partial charge in [-0.05, 0) is 74.1 Å². The molecule has 0 radical (unpaired) electrons. The van der Waals surface area contributed by atoms with Crippen molar-refractivity contribution >= 4 is 0 Å². The Morgan fingerprint density at radius 3 is 2.87 bits per heavy atom. The Kier molecular flexibility index (Phi) is 3.32. The molecule has 0 aromatic heterocycles. The lowest BCUT2D eigenvalue weighted by Gasteiger charge is -2.47. The number of fused-ring (bicyclic) bond motifs is 5. The topological polar surface area (TPSA) is 40.5 Å². The lowest BCUT2D eigenvalue weighted by Crippen LogP contribution is -2.42. The van der Waals surface area contributed by atoms with E-state index < -0.39 is 5.60 Å². The van der Waals surface area contributed by atoms with E-state index in [-0.39, 0.29) is 5.92 Å². The zero-order valence-electron chi connectivity index (χ0n) is 13.7. The van der Waals surface area contributed by atoms with Gasteiger partial charge in [0.25, 0.3) is 0 Å². The molecular weight excluding hydrogens is 284 g/mol. The predicted molar refractivity (Wildman–Crippen MR) is 91.0 cm³/mol. The molecule has 0 saturated heterocycles. The lowest BCUT2D eigenvalue weighted by molar-refractivity contribution is 0.0240. The molecule has 0 amide bonds. The van der Waals surface area contributed by atoms with Crippen LogP contribution in [0.1, 0.15) is 49.7 Å². The van der Waals surface area contributed by atoms with Crippen molar-refractivity contribution in [1.29, 1.82) is 0 Å². The fourth-order valence-corrected chi connectivity index (χ4v) is 5.56. The number of phenols is 1. The number of aromatic hydroxyl groups is 1. The van der Waals surface area contributed by atoms with E-state index in [0.29, 0.717) is 23.5 Å². The van der Waals surface area contributed by atoms with Crippen LogP contribution in [0, 0.1) is 29.6 Å². The van der Waals surface area contributed by atoms with E-state index in [9.17, 15) is 10.2 Å². The molecule has 120 valence electrons. The van der Waals surface area contributed by atoms with E-state index in [0.717, 1.165) is 32.1 Å². The number of aryl methyl sites for hydroxylation is 1. The summed E-state index contributed by atoms with van der Waals surface area (Å²) in [4.78, 5) is 0. The molecule has 3 aliphatic rings. The molecular formula is C21H24O2. The number of rotatable bonds is 0. The summed E-state index contributed by atoms with van der Waals surface area (Å²) in [5.74, 6) is 8.11. The van der Waals surface area contributed by atoms with Crippen LogP contribution >= 0.6 is 0 Å². The monoisotopic (exact) mass is 308 g/mol. The molecule has 23 heavy (non-hydrogen) atoms. The molecule has 3 aliphatic carbocycles. The minimum Gasteiger partial charge on any atom is -0.508 e. The second-order valence-corrected chi connectivity index (χ2v) is 7.53. The van der Waals surface area contributed by atoms with Gasteiger partial charge in [-0.15, -0.1) is 5.92 Å². The van der Waals surface area contributed by atoms with Crippen LogP contribution in [-0.4, -0.2) is 15.8 Å². The van der Waals surface area contributed by atoms with Gasteiger partial charge in [-0.2, -0.15) is 0 Å². The largest absolute Gasteiger partial charge is 0.508 e. The molecule has 2 heteroatoms. The fourth-order valence-electron chi connectivity index (χ4n) is 5.56. The van der Waals surface area contributed by atoms with E-state index in [1.54, 1.807) is 6.07 Å². The first-order chi connectivity index (χ1) is 11.0. The molecule has 5 atom stereocenters. The molecule has 2 fully saturated rings. The zero-order valence-corrected chi connectivity index (χ0v) is 13.7. The smallest absolute Gasteiger partial charge is 0.128 e. The standard InChI is InChI=1S/C21H24O2/c1-3-9-21(23)10-8-17-18-6-4-14-12-15(22)5-7-16(14)20(18)13(2)11-19(17)21/h5,7,12,17-20,22-23H,2,4,6,8,10-11H2,1H3/t17-,18-,19-,20+,21-/m0/s1. The van der Waals surface area contributed by atoms with Gasteiger partial charge in [-0.3, -0.25) is 0 Å². The third-order valence-electron chi connectivity index (χ3n) is 6.44. The number of phenolic OH excluding ortho intramolecular Hbond substituents is 1. The van der Waals surface area contributed by atoms with E-state index >= 15 is 0 Å². The highest BCUT2D eigenvalue weighted by Crippen LogP contribution is 2.59. The van der Waals surface area contributed by atoms with Gasteiger partial charge in [-0.1, -0.05) is 24.1 Å². The fraction of sp³-hybridized carbons (Fsp3) is 0.524. The van der Waals surface area contributed by atoms with E-state index in [1.165, 1.54) is 16.7 Å². The maximum atomic E-state index is 11.0. The van der Waals surface area contributed by atoms with Gasteiger partial charge in [-0.25, -0.2) is 0 Å². The van der Waals surface area contributed by atoms with Gasteiger partial charge in [0.05, 0.1) is 0 Å². The Balaban J connectivity index is 1.73. The minimum absolute atomic E-state index is 0.238. The summed E-state index contributed by atoms with van der Waals surface area (Å²) >= 11 is 0. The highest BCUT2D eigenvalue weighted by atomic mass is 16.3. The van der Waals surface area contributed by atoms with Gasteiger partial charge in [0.2, 0.25) is 0 Å². The van der Waals surface area contributed by atoms with Gasteiger partial charge in [0.1, 0.15) is 11.4 Å². The average Bonchev–Trinajstić information content (AvgIpc) is 2.84. The summed E-state index contributed by atoms with van der Waals surface area (Å²) in [6.07, 6.45) is 4.87. The SMILES string of the molecule is C=C1C[C@H]2[C@@H](CC[C@@]2(O)C#CC)[C@@H]2CCc3cc(O)ccc3[C@@H]12. The molecule has 0 unspecified atom stereocenters. The summed E-state index contributed by atoms with van der Waals surface area (Å²) in [6.45, 7) is 6.20. The third kappa shape index (κ3) is 2.14. The summed E-state index contributed by atoms with van der Waals surface area (Å²) in [6, 6.07) is 5.80. The van der Waals surface area contributed by atoms with Crippen molar-refractivity contribution in [2.45, 2.75) is 50.5 Å². The Morgan fingerprint density at radius 2 is 2.09 bits per heavy atom. The molecule has 2 saturated carbocycles. The van der Waals surface area contributed by atoms with Crippen molar-refractivity contribution in [3.8, 4) is 17.6 Å². The van der Waals surface area contributed by atoms with Crippen LogP contribution in [0.25, 0.3) is 0 Å². The van der Waals surface area contributed by atoms with Crippen molar-refractivity contribution in [2.24, 2.45) is 17.8 Å². The number of hydrogen-bond acceptors (Lipinski definition) is 2. The van der Waals surface area contributed by atoms with Crippen molar-refractivity contribution in [3.05, 3.63) is 41.5 Å². The Labute approximate surface area is 138 Å². The third-order valence-corrected chi connectivity index (χ3v) is 6.44. The molecule has 0 aliphatic heterocycles. The van der Waals surface area contributed by atoms with E-state index in [2.05, 4.69) is 24.5 Å². The second kappa shape index (κ2) is 5.14. The molecule has 0 spiro atoms. The van der Waals surface area contributed by atoms with Crippen LogP contribution in [0.3, 0.4) is 0 Å². The van der Waals surface area contributed by atoms with Crippen LogP contribution in [0.5, 0.6) is 5.75 Å². The van der Waals surface area contributed by atoms with Crippen LogP contribution in [0.15, 0.2) is 30.4 Å². The highest BCUT2D eigenvalue weighted by Gasteiger charge is 2.54. The van der Waals surface area contributed by atoms with Gasteiger partial charge >= 0.3 is 0 Å². The zero-order chi connectivity index (χ0) is 16.2. The Morgan fingerprint density at radius 1 is 1.26 bits per heavy atom. The van der Waals surface area contributed by atoms with Crippen molar-refractivity contribution in [1.82, 2.24) is 0 Å². The number of hydrogen-bond donors (Lipinski definition) is 2. The molecule has 4 rings (SSSR count). The number of allylic oxidation sites excluding steroid dienone is 1. The summed E-state index contributed by atoms with van der Waals surface area (Å²) in [5.41, 5.74) is 3.04. The Bertz CT molecular complexity index is 723. The van der Waals surface area contributed by atoms with Crippen LogP contribution < -0.4 is 0 Å². The second-order valence-electron chi connectivity index (χ2n) is 7.53. The summed E-state index contributed by atoms with van der Waals surface area (Å²) in [7, 11) is 0. The molecule has 0 heterocycles. The lowest BCUT2D eigenvalue weighted by atomic mass is 9.58. The minimum atomic E-state index is -0.817. The van der Waals surface area contributed by atoms with Crippen LogP contribution in [0.2, 0.25) is 0 Å². The van der Waals surface area contributed by atoms with Crippen LogP contribution in [-0.2, 0) is 6.42 Å². The van der Waals surface area contributed by atoms with Gasteiger partial charge in [0, 0.05) is 11.8 Å². The van der Waals surface area contributed by atoms with Gasteiger partial charge < -0.3 is 10.2 Å². The summed E-state index contributed by atoms with van der Waals surface area (Å²) in [5, 5.41) is 20.7. The predicted octanol–water partition coefficient (Wildman–Crippen LogP) is 3.78. The van der Waals surface area contributed by atoms with E-state index in [4.69, 9.17) is 0 Å². The number of aliphatic hydroxyl groups is 1. The molecule has 0 bridgehead atoms. The van der Waals surface area contributed by atoms with Crippen molar-refractivity contribution in [3.63, 3.8) is 0 Å². The van der Waals surface area contributed by atoms with E-state index in [1.807, 2.05) is 13.0 Å². The molecule has 2 N–H and O–H groups in total. The Hall–Kier alpha value is -1.72. The molecule has 1 aromatic carbocycles. The quantitative estimate of drug-likeness (QED) is 0.565. The maximum Gasteiger partial charge on any atom is 0.128 e. The molecule has 1 aromatic rings. The first-order valence-corrected chi connectivity index (χ1v) is 8.69. The number of benzene rings is 1.